The van der Waals surface area contributed by atoms with Gasteiger partial charge in [0, 0.05) is 17.4 Å². The van der Waals surface area contributed by atoms with Gasteiger partial charge >= 0.3 is 12.1 Å². The molecule has 0 unspecified atom stereocenters. The van der Waals surface area contributed by atoms with Crippen LogP contribution in [0.4, 0.5) is 13.2 Å². The molecule has 3 nitrogen and oxygen atoms in total. The van der Waals surface area contributed by atoms with Gasteiger partial charge in [-0.1, -0.05) is 30.3 Å². The fourth-order valence-corrected chi connectivity index (χ4v) is 2.69. The van der Waals surface area contributed by atoms with Gasteiger partial charge in [0.2, 0.25) is 0 Å². The lowest BCUT2D eigenvalue weighted by Gasteiger charge is -2.12. The summed E-state index contributed by atoms with van der Waals surface area (Å²) in [5.74, 6) is -0.877. The van der Waals surface area contributed by atoms with E-state index in [1.807, 2.05) is 6.07 Å². The zero-order valence-corrected chi connectivity index (χ0v) is 13.0. The van der Waals surface area contributed by atoms with Crippen LogP contribution in [0.2, 0.25) is 0 Å². The number of aromatic nitrogens is 1. The van der Waals surface area contributed by atoms with Gasteiger partial charge in [0.1, 0.15) is 0 Å². The second-order valence-corrected chi connectivity index (χ2v) is 5.66. The Bertz CT molecular complexity index is 935. The molecule has 0 amide bonds. The minimum atomic E-state index is -4.45. The molecule has 2 aromatic carbocycles. The maximum Gasteiger partial charge on any atom is 0.417 e. The summed E-state index contributed by atoms with van der Waals surface area (Å²) in [6.45, 7) is 0. The number of aliphatic carboxylic acids is 1. The Hall–Kier alpha value is -2.89. The fraction of sp³-hybridized carbons (Fsp3) is 0.158. The van der Waals surface area contributed by atoms with Crippen molar-refractivity contribution in [3.63, 3.8) is 0 Å². The zero-order chi connectivity index (χ0) is 18.0. The minimum absolute atomic E-state index is 0.0238. The number of halogens is 3. The van der Waals surface area contributed by atoms with Crippen molar-refractivity contribution in [2.45, 2.75) is 19.0 Å². The number of alkyl halides is 3. The molecule has 6 heteroatoms. The van der Waals surface area contributed by atoms with Crippen LogP contribution in [-0.2, 0) is 17.4 Å². The molecule has 0 spiro atoms. The Morgan fingerprint density at radius 2 is 1.80 bits per heavy atom. The molecule has 1 aromatic heterocycles. The predicted octanol–water partition coefficient (Wildman–Crippen LogP) is 4.94. The van der Waals surface area contributed by atoms with E-state index in [2.05, 4.69) is 4.98 Å². The van der Waals surface area contributed by atoms with Crippen LogP contribution < -0.4 is 0 Å². The SMILES string of the molecule is O=C(O)CCc1ccc2nc(-c3ccccc3C(F)(F)F)ccc2c1. The number of hydrogen-bond donors (Lipinski definition) is 1. The summed E-state index contributed by atoms with van der Waals surface area (Å²) in [6.07, 6.45) is -4.03. The van der Waals surface area contributed by atoms with E-state index >= 15 is 0 Å². The number of fused-ring (bicyclic) bond motifs is 1. The Kier molecular flexibility index (Phi) is 4.44. The maximum absolute atomic E-state index is 13.2. The highest BCUT2D eigenvalue weighted by atomic mass is 19.4. The molecule has 0 fully saturated rings. The molecule has 0 saturated carbocycles. The molecular weight excluding hydrogens is 331 g/mol. The first kappa shape index (κ1) is 17.0. The molecule has 0 aliphatic rings. The number of benzene rings is 2. The number of rotatable bonds is 4. The van der Waals surface area contributed by atoms with Gasteiger partial charge in [0.05, 0.1) is 16.8 Å². The van der Waals surface area contributed by atoms with Gasteiger partial charge in [0.15, 0.2) is 0 Å². The van der Waals surface area contributed by atoms with E-state index in [1.54, 1.807) is 30.3 Å². The van der Waals surface area contributed by atoms with Gasteiger partial charge < -0.3 is 5.11 Å². The summed E-state index contributed by atoms with van der Waals surface area (Å²) in [4.78, 5) is 15.0. The molecule has 0 radical (unpaired) electrons. The minimum Gasteiger partial charge on any atom is -0.481 e. The first-order valence-electron chi connectivity index (χ1n) is 7.63. The van der Waals surface area contributed by atoms with E-state index in [1.165, 1.54) is 12.1 Å². The molecule has 128 valence electrons. The summed E-state index contributed by atoms with van der Waals surface area (Å²) < 4.78 is 39.5. The van der Waals surface area contributed by atoms with Crippen molar-refractivity contribution in [2.75, 3.05) is 0 Å². The molecule has 0 aliphatic carbocycles. The van der Waals surface area contributed by atoms with E-state index in [0.717, 1.165) is 17.0 Å². The third-order valence-corrected chi connectivity index (χ3v) is 3.89. The highest BCUT2D eigenvalue weighted by molar-refractivity contribution is 5.83. The number of carbonyl (C=O) groups is 1. The second-order valence-electron chi connectivity index (χ2n) is 5.66. The monoisotopic (exact) mass is 345 g/mol. The van der Waals surface area contributed by atoms with E-state index in [-0.39, 0.29) is 17.7 Å². The van der Waals surface area contributed by atoms with Crippen molar-refractivity contribution in [1.29, 1.82) is 0 Å². The fourth-order valence-electron chi connectivity index (χ4n) is 2.69. The Morgan fingerprint density at radius 1 is 1.04 bits per heavy atom. The van der Waals surface area contributed by atoms with Crippen molar-refractivity contribution >= 4 is 16.9 Å². The van der Waals surface area contributed by atoms with Gasteiger partial charge in [-0.25, -0.2) is 4.98 Å². The molecule has 1 N–H and O–H groups in total. The van der Waals surface area contributed by atoms with Gasteiger partial charge in [0.25, 0.3) is 0 Å². The molecule has 0 atom stereocenters. The average Bonchev–Trinajstić information content (AvgIpc) is 2.58. The molecule has 3 aromatic rings. The Balaban J connectivity index is 2.00. The molecule has 0 saturated heterocycles. The molecule has 0 bridgehead atoms. The van der Waals surface area contributed by atoms with Crippen molar-refractivity contribution < 1.29 is 23.1 Å². The Morgan fingerprint density at radius 3 is 2.52 bits per heavy atom. The number of aryl methyl sites for hydroxylation is 1. The number of carboxylic acid groups (broad SMARTS) is 1. The van der Waals surface area contributed by atoms with Gasteiger partial charge in [-0.3, -0.25) is 4.79 Å². The molecule has 3 rings (SSSR count). The third-order valence-electron chi connectivity index (χ3n) is 3.89. The normalized spacial score (nSPS) is 11.6. The average molecular weight is 345 g/mol. The van der Waals surface area contributed by atoms with Crippen LogP contribution in [0.15, 0.2) is 54.6 Å². The number of pyridine rings is 1. The first-order valence-corrected chi connectivity index (χ1v) is 7.63. The maximum atomic E-state index is 13.2. The molecular formula is C19H14F3NO2. The zero-order valence-electron chi connectivity index (χ0n) is 13.0. The Labute approximate surface area is 141 Å². The lowest BCUT2D eigenvalue weighted by Crippen LogP contribution is -2.07. The number of carboxylic acids is 1. The van der Waals surface area contributed by atoms with E-state index < -0.39 is 17.7 Å². The van der Waals surface area contributed by atoms with Crippen molar-refractivity contribution in [3.8, 4) is 11.3 Å². The lowest BCUT2D eigenvalue weighted by molar-refractivity contribution is -0.137. The van der Waals surface area contributed by atoms with E-state index in [0.29, 0.717) is 11.9 Å². The van der Waals surface area contributed by atoms with Crippen LogP contribution in [0.5, 0.6) is 0 Å². The highest BCUT2D eigenvalue weighted by Crippen LogP contribution is 2.36. The van der Waals surface area contributed by atoms with E-state index in [4.69, 9.17) is 5.11 Å². The van der Waals surface area contributed by atoms with Crippen molar-refractivity contribution in [3.05, 3.63) is 65.7 Å². The van der Waals surface area contributed by atoms with Crippen molar-refractivity contribution in [2.24, 2.45) is 0 Å². The van der Waals surface area contributed by atoms with Gasteiger partial charge in [-0.15, -0.1) is 0 Å². The summed E-state index contributed by atoms with van der Waals surface area (Å²) in [7, 11) is 0. The third kappa shape index (κ3) is 3.79. The smallest absolute Gasteiger partial charge is 0.417 e. The molecule has 1 heterocycles. The van der Waals surface area contributed by atoms with Crippen LogP contribution >= 0.6 is 0 Å². The predicted molar refractivity (Wildman–Crippen MR) is 88.1 cm³/mol. The largest absolute Gasteiger partial charge is 0.481 e. The number of nitrogens with zero attached hydrogens (tertiary/aromatic N) is 1. The van der Waals surface area contributed by atoms with Gasteiger partial charge in [-0.2, -0.15) is 13.2 Å². The van der Waals surface area contributed by atoms with Crippen LogP contribution in [0.3, 0.4) is 0 Å². The quantitative estimate of drug-likeness (QED) is 0.729. The summed E-state index contributed by atoms with van der Waals surface area (Å²) in [6, 6.07) is 13.8. The second kappa shape index (κ2) is 6.55. The highest BCUT2D eigenvalue weighted by Gasteiger charge is 2.33. The molecule has 25 heavy (non-hydrogen) atoms. The number of hydrogen-bond acceptors (Lipinski definition) is 2. The molecule has 0 aliphatic heterocycles. The van der Waals surface area contributed by atoms with Crippen LogP contribution in [0, 0.1) is 0 Å². The summed E-state index contributed by atoms with van der Waals surface area (Å²) in [5.41, 5.74) is 0.971. The lowest BCUT2D eigenvalue weighted by atomic mass is 10.0. The van der Waals surface area contributed by atoms with Crippen LogP contribution in [0.25, 0.3) is 22.2 Å². The summed E-state index contributed by atoms with van der Waals surface area (Å²) >= 11 is 0. The van der Waals surface area contributed by atoms with Crippen LogP contribution in [-0.4, -0.2) is 16.1 Å². The van der Waals surface area contributed by atoms with Crippen molar-refractivity contribution in [1.82, 2.24) is 4.98 Å². The summed E-state index contributed by atoms with van der Waals surface area (Å²) in [5, 5.41) is 9.50. The standard InChI is InChI=1S/C19H14F3NO2/c20-19(21,22)15-4-2-1-3-14(15)17-9-7-13-11-12(6-10-18(24)25)5-8-16(13)23-17/h1-5,7-9,11H,6,10H2,(H,24,25). The van der Waals surface area contributed by atoms with E-state index in [9.17, 15) is 18.0 Å². The first-order chi connectivity index (χ1) is 11.8. The van der Waals surface area contributed by atoms with Gasteiger partial charge in [-0.05, 0) is 36.2 Å². The van der Waals surface area contributed by atoms with Crippen LogP contribution in [0.1, 0.15) is 17.5 Å². The topological polar surface area (TPSA) is 50.2 Å².